The molecule has 0 radical (unpaired) electrons. The van der Waals surface area contributed by atoms with Crippen LogP contribution in [-0.4, -0.2) is 12.6 Å². The monoisotopic (exact) mass is 334 g/mol. The van der Waals surface area contributed by atoms with Crippen LogP contribution in [-0.2, 0) is 6.54 Å². The smallest absolute Gasteiger partial charge is 0.387 e. The number of carbonyl (C=O) groups is 1. The Morgan fingerprint density at radius 3 is 2.50 bits per heavy atom. The quantitative estimate of drug-likeness (QED) is 0.833. The molecule has 2 aromatic rings. The van der Waals surface area contributed by atoms with Crippen LogP contribution in [0.1, 0.15) is 29.7 Å². The minimum Gasteiger partial charge on any atom is -0.435 e. The first-order chi connectivity index (χ1) is 11.4. The summed E-state index contributed by atoms with van der Waals surface area (Å²) in [5.74, 6) is 0.0878. The summed E-state index contributed by atoms with van der Waals surface area (Å²) in [7, 11) is 0. The molecule has 4 nitrogen and oxygen atoms in total. The van der Waals surface area contributed by atoms with Gasteiger partial charge in [0.25, 0.3) is 0 Å². The average molecular weight is 334 g/mol. The predicted molar refractivity (Wildman–Crippen MR) is 88.0 cm³/mol. The normalized spacial score (nSPS) is 11.9. The lowest BCUT2D eigenvalue weighted by molar-refractivity contribution is -0.0498. The van der Waals surface area contributed by atoms with Crippen LogP contribution >= 0.6 is 0 Å². The second kappa shape index (κ2) is 8.29. The number of rotatable bonds is 6. The fraction of sp³-hybridized carbons (Fsp3) is 0.278. The highest BCUT2D eigenvalue weighted by atomic mass is 19.3. The molecule has 0 saturated carbocycles. The molecular formula is C18H20F2N2O2. The first-order valence-corrected chi connectivity index (χ1v) is 7.58. The number of hydrogen-bond acceptors (Lipinski definition) is 2. The van der Waals surface area contributed by atoms with E-state index in [1.54, 1.807) is 12.1 Å². The van der Waals surface area contributed by atoms with Crippen LogP contribution in [0.15, 0.2) is 48.5 Å². The summed E-state index contributed by atoms with van der Waals surface area (Å²) in [6.45, 7) is 1.39. The van der Waals surface area contributed by atoms with Crippen molar-refractivity contribution in [2.24, 2.45) is 0 Å². The van der Waals surface area contributed by atoms with E-state index in [1.165, 1.54) is 12.1 Å². The van der Waals surface area contributed by atoms with E-state index in [2.05, 4.69) is 15.4 Å². The van der Waals surface area contributed by atoms with Crippen molar-refractivity contribution < 1.29 is 18.3 Å². The summed E-state index contributed by atoms with van der Waals surface area (Å²) in [5.41, 5.74) is 2.95. The van der Waals surface area contributed by atoms with Crippen LogP contribution in [0.2, 0.25) is 0 Å². The molecule has 0 aliphatic heterocycles. The fourth-order valence-electron chi connectivity index (χ4n) is 2.27. The molecule has 2 rings (SSSR count). The van der Waals surface area contributed by atoms with Crippen LogP contribution in [0, 0.1) is 6.92 Å². The second-order valence-electron chi connectivity index (χ2n) is 5.49. The number of alkyl halides is 2. The lowest BCUT2D eigenvalue weighted by Crippen LogP contribution is -2.36. The molecule has 0 aliphatic carbocycles. The first kappa shape index (κ1) is 17.7. The molecule has 0 bridgehead atoms. The van der Waals surface area contributed by atoms with Crippen LogP contribution in [0.4, 0.5) is 13.6 Å². The zero-order valence-corrected chi connectivity index (χ0v) is 13.6. The molecular weight excluding hydrogens is 314 g/mol. The molecule has 6 heteroatoms. The highest BCUT2D eigenvalue weighted by Crippen LogP contribution is 2.19. The molecule has 2 N–H and O–H groups in total. The van der Waals surface area contributed by atoms with Gasteiger partial charge in [0.2, 0.25) is 0 Å². The van der Waals surface area contributed by atoms with Crippen molar-refractivity contribution >= 4 is 6.03 Å². The van der Waals surface area contributed by atoms with E-state index >= 15 is 0 Å². The minimum absolute atomic E-state index is 0.0878. The second-order valence-corrected chi connectivity index (χ2v) is 5.49. The Bertz CT molecular complexity index is 675. The summed E-state index contributed by atoms with van der Waals surface area (Å²) < 4.78 is 28.5. The molecule has 0 heterocycles. The summed E-state index contributed by atoms with van der Waals surface area (Å²) in [4.78, 5) is 12.0. The molecule has 0 saturated heterocycles. The largest absolute Gasteiger partial charge is 0.435 e. The van der Waals surface area contributed by atoms with E-state index in [4.69, 9.17) is 0 Å². The Labute approximate surface area is 139 Å². The van der Waals surface area contributed by atoms with Gasteiger partial charge in [-0.2, -0.15) is 8.78 Å². The van der Waals surface area contributed by atoms with Crippen LogP contribution in [0.3, 0.4) is 0 Å². The third kappa shape index (κ3) is 5.53. The molecule has 0 spiro atoms. The van der Waals surface area contributed by atoms with Gasteiger partial charge in [0.1, 0.15) is 5.75 Å². The van der Waals surface area contributed by atoms with Gasteiger partial charge in [-0.25, -0.2) is 4.79 Å². The van der Waals surface area contributed by atoms with Gasteiger partial charge in [0.15, 0.2) is 0 Å². The Hall–Kier alpha value is -2.63. The van der Waals surface area contributed by atoms with Gasteiger partial charge in [-0.05, 0) is 37.1 Å². The zero-order chi connectivity index (χ0) is 17.5. The summed E-state index contributed by atoms with van der Waals surface area (Å²) in [5, 5.41) is 5.59. The van der Waals surface area contributed by atoms with Crippen molar-refractivity contribution in [2.45, 2.75) is 33.0 Å². The number of amides is 2. The Morgan fingerprint density at radius 2 is 1.88 bits per heavy atom. The number of nitrogens with one attached hydrogen (secondary N) is 2. The highest BCUT2D eigenvalue weighted by Gasteiger charge is 2.10. The van der Waals surface area contributed by atoms with E-state index in [-0.39, 0.29) is 17.8 Å². The number of aryl methyl sites for hydroxylation is 1. The van der Waals surface area contributed by atoms with Crippen molar-refractivity contribution in [3.05, 3.63) is 65.2 Å². The number of halogens is 2. The number of ether oxygens (including phenoxy) is 1. The maximum atomic E-state index is 12.1. The third-order valence-corrected chi connectivity index (χ3v) is 3.49. The van der Waals surface area contributed by atoms with E-state index in [1.807, 2.05) is 38.1 Å². The third-order valence-electron chi connectivity index (χ3n) is 3.49. The molecule has 1 unspecified atom stereocenters. The van der Waals surface area contributed by atoms with Crippen LogP contribution in [0.5, 0.6) is 5.75 Å². The van der Waals surface area contributed by atoms with Gasteiger partial charge in [0, 0.05) is 6.54 Å². The van der Waals surface area contributed by atoms with E-state index < -0.39 is 6.61 Å². The topological polar surface area (TPSA) is 50.4 Å². The number of hydrogen-bond donors (Lipinski definition) is 2. The highest BCUT2D eigenvalue weighted by molar-refractivity contribution is 5.74. The van der Waals surface area contributed by atoms with E-state index in [0.717, 1.165) is 16.7 Å². The Kier molecular flexibility index (Phi) is 6.12. The molecule has 2 aromatic carbocycles. The van der Waals surface area contributed by atoms with Crippen molar-refractivity contribution in [3.8, 4) is 5.75 Å². The summed E-state index contributed by atoms with van der Waals surface area (Å²) in [6.07, 6.45) is 0. The van der Waals surface area contributed by atoms with E-state index in [9.17, 15) is 13.6 Å². The number of urea groups is 1. The summed E-state index contributed by atoms with van der Waals surface area (Å²) in [6, 6.07) is 13.5. The van der Waals surface area contributed by atoms with Crippen LogP contribution in [0.25, 0.3) is 0 Å². The van der Waals surface area contributed by atoms with Crippen LogP contribution < -0.4 is 15.4 Å². The zero-order valence-electron chi connectivity index (χ0n) is 13.6. The lowest BCUT2D eigenvalue weighted by Gasteiger charge is -2.16. The van der Waals surface area contributed by atoms with Gasteiger partial charge in [-0.1, -0.05) is 42.0 Å². The standard InChI is InChI=1S/C18H20F2N2O2/c1-12-4-3-5-14(10-12)11-21-18(23)22-13(2)15-6-8-16(9-7-15)24-17(19)20/h3-10,13,17H,11H2,1-2H3,(H2,21,22,23). The SMILES string of the molecule is Cc1cccc(CNC(=O)NC(C)c2ccc(OC(F)F)cc2)c1. The van der Waals surface area contributed by atoms with Gasteiger partial charge in [-0.3, -0.25) is 0 Å². The molecule has 1 atom stereocenters. The Balaban J connectivity index is 1.84. The van der Waals surface area contributed by atoms with Crippen molar-refractivity contribution in [2.75, 3.05) is 0 Å². The van der Waals surface area contributed by atoms with Gasteiger partial charge in [0.05, 0.1) is 6.04 Å². The number of carbonyl (C=O) groups excluding carboxylic acids is 1. The molecule has 24 heavy (non-hydrogen) atoms. The van der Waals surface area contributed by atoms with Crippen molar-refractivity contribution in [3.63, 3.8) is 0 Å². The Morgan fingerprint density at radius 1 is 1.17 bits per heavy atom. The maximum Gasteiger partial charge on any atom is 0.387 e. The van der Waals surface area contributed by atoms with E-state index in [0.29, 0.717) is 6.54 Å². The summed E-state index contributed by atoms with van der Waals surface area (Å²) >= 11 is 0. The maximum absolute atomic E-state index is 12.1. The molecule has 0 aliphatic rings. The number of benzene rings is 2. The lowest BCUT2D eigenvalue weighted by atomic mass is 10.1. The molecule has 0 fully saturated rings. The molecule has 128 valence electrons. The van der Waals surface area contributed by atoms with Crippen molar-refractivity contribution in [1.29, 1.82) is 0 Å². The van der Waals surface area contributed by atoms with Crippen molar-refractivity contribution in [1.82, 2.24) is 10.6 Å². The fourth-order valence-corrected chi connectivity index (χ4v) is 2.27. The first-order valence-electron chi connectivity index (χ1n) is 7.58. The predicted octanol–water partition coefficient (Wildman–Crippen LogP) is 4.16. The van der Waals surface area contributed by atoms with Gasteiger partial charge < -0.3 is 15.4 Å². The minimum atomic E-state index is -2.85. The molecule has 0 aromatic heterocycles. The molecule has 2 amide bonds. The van der Waals surface area contributed by atoms with Gasteiger partial charge in [-0.15, -0.1) is 0 Å². The average Bonchev–Trinajstić information content (AvgIpc) is 2.53. The van der Waals surface area contributed by atoms with Gasteiger partial charge >= 0.3 is 12.6 Å².